The van der Waals surface area contributed by atoms with Gasteiger partial charge in [0.05, 0.1) is 5.69 Å². The van der Waals surface area contributed by atoms with Crippen LogP contribution in [0.3, 0.4) is 0 Å². The lowest BCUT2D eigenvalue weighted by atomic mass is 10.1. The van der Waals surface area contributed by atoms with E-state index in [0.29, 0.717) is 28.7 Å². The number of H-pyrrole nitrogens is 1. The summed E-state index contributed by atoms with van der Waals surface area (Å²) in [5.74, 6) is -0.267. The second kappa shape index (κ2) is 3.77. The van der Waals surface area contributed by atoms with Crippen LogP contribution in [0.25, 0.3) is 0 Å². The lowest BCUT2D eigenvalue weighted by molar-refractivity contribution is 0.102. The summed E-state index contributed by atoms with van der Waals surface area (Å²) in [6, 6.07) is 0. The molecule has 0 bridgehead atoms. The predicted molar refractivity (Wildman–Crippen MR) is 55.6 cm³/mol. The Balaban J connectivity index is 2.46. The number of aryl methyl sites for hydroxylation is 1. The van der Waals surface area contributed by atoms with Crippen LogP contribution in [0.4, 0.5) is 0 Å². The maximum Gasteiger partial charge on any atom is 0.231 e. The first-order valence-electron chi connectivity index (χ1n) is 4.74. The van der Waals surface area contributed by atoms with Gasteiger partial charge in [-0.3, -0.25) is 9.59 Å². The molecular formula is C11H10N2O3. The van der Waals surface area contributed by atoms with E-state index < -0.39 is 0 Å². The number of nitrogens with zero attached hydrogens (tertiary/aromatic N) is 1. The molecule has 0 saturated carbocycles. The molecule has 1 N–H and O–H groups in total. The van der Waals surface area contributed by atoms with Gasteiger partial charge in [0.2, 0.25) is 5.78 Å². The summed E-state index contributed by atoms with van der Waals surface area (Å²) in [6.07, 6.45) is 3.62. The van der Waals surface area contributed by atoms with E-state index in [0.717, 1.165) is 0 Å². The van der Waals surface area contributed by atoms with Gasteiger partial charge in [0, 0.05) is 17.3 Å². The van der Waals surface area contributed by atoms with Crippen molar-refractivity contribution >= 4 is 12.1 Å². The van der Waals surface area contributed by atoms with Crippen molar-refractivity contribution < 1.29 is 14.1 Å². The number of aromatic nitrogens is 2. The number of carbonyl (C=O) groups excluding carboxylic acids is 2. The van der Waals surface area contributed by atoms with E-state index >= 15 is 0 Å². The van der Waals surface area contributed by atoms with Crippen LogP contribution >= 0.6 is 0 Å². The highest BCUT2D eigenvalue weighted by atomic mass is 16.5. The van der Waals surface area contributed by atoms with Gasteiger partial charge in [0.15, 0.2) is 12.0 Å². The molecule has 0 saturated heterocycles. The molecule has 0 unspecified atom stereocenters. The first kappa shape index (κ1) is 10.4. The number of aromatic amines is 1. The normalized spacial score (nSPS) is 10.4. The average Bonchev–Trinajstić information content (AvgIpc) is 2.84. The first-order chi connectivity index (χ1) is 7.65. The fourth-order valence-electron chi connectivity index (χ4n) is 1.49. The molecule has 0 atom stereocenters. The van der Waals surface area contributed by atoms with Crippen LogP contribution < -0.4 is 0 Å². The standard InChI is InChI=1S/C11H10N2O3/c1-6-5-16-13-9(6)11(15)10-7(2)8(4-14)3-12-10/h3-5,12H,1-2H3. The Morgan fingerprint density at radius 3 is 2.75 bits per heavy atom. The van der Waals surface area contributed by atoms with Gasteiger partial charge < -0.3 is 9.51 Å². The van der Waals surface area contributed by atoms with E-state index in [4.69, 9.17) is 4.52 Å². The Labute approximate surface area is 91.4 Å². The SMILES string of the molecule is Cc1conc1C(=O)c1[nH]cc(C=O)c1C. The molecule has 0 radical (unpaired) electrons. The van der Waals surface area contributed by atoms with Crippen molar-refractivity contribution in [2.24, 2.45) is 0 Å². The van der Waals surface area contributed by atoms with Crippen molar-refractivity contribution in [3.63, 3.8) is 0 Å². The van der Waals surface area contributed by atoms with E-state index in [2.05, 4.69) is 10.1 Å². The molecule has 16 heavy (non-hydrogen) atoms. The van der Waals surface area contributed by atoms with E-state index in [-0.39, 0.29) is 11.5 Å². The summed E-state index contributed by atoms with van der Waals surface area (Å²) in [5, 5.41) is 3.64. The van der Waals surface area contributed by atoms with Crippen LogP contribution in [0.2, 0.25) is 0 Å². The second-order valence-corrected chi connectivity index (χ2v) is 3.54. The van der Waals surface area contributed by atoms with Gasteiger partial charge in [-0.25, -0.2) is 0 Å². The van der Waals surface area contributed by atoms with Gasteiger partial charge in [-0.1, -0.05) is 5.16 Å². The molecule has 5 heteroatoms. The first-order valence-corrected chi connectivity index (χ1v) is 4.74. The van der Waals surface area contributed by atoms with E-state index in [1.165, 1.54) is 12.5 Å². The minimum atomic E-state index is -0.267. The lowest BCUT2D eigenvalue weighted by Crippen LogP contribution is -2.05. The smallest absolute Gasteiger partial charge is 0.231 e. The van der Waals surface area contributed by atoms with Gasteiger partial charge in [-0.15, -0.1) is 0 Å². The number of rotatable bonds is 3. The Bertz CT molecular complexity index is 551. The molecule has 0 aliphatic rings. The minimum Gasteiger partial charge on any atom is -0.364 e. The summed E-state index contributed by atoms with van der Waals surface area (Å²) in [5.41, 5.74) is 2.42. The fraction of sp³-hybridized carbons (Fsp3) is 0.182. The summed E-state index contributed by atoms with van der Waals surface area (Å²) >= 11 is 0. The number of nitrogens with one attached hydrogen (secondary N) is 1. The third-order valence-electron chi connectivity index (χ3n) is 2.50. The van der Waals surface area contributed by atoms with Crippen LogP contribution in [0.5, 0.6) is 0 Å². The van der Waals surface area contributed by atoms with Crippen LogP contribution in [0.1, 0.15) is 37.7 Å². The fourth-order valence-corrected chi connectivity index (χ4v) is 1.49. The quantitative estimate of drug-likeness (QED) is 0.628. The van der Waals surface area contributed by atoms with E-state index in [1.807, 2.05) is 0 Å². The van der Waals surface area contributed by atoms with Crippen molar-refractivity contribution in [2.75, 3.05) is 0 Å². The molecule has 2 aromatic rings. The zero-order chi connectivity index (χ0) is 11.7. The summed E-state index contributed by atoms with van der Waals surface area (Å²) < 4.78 is 4.71. The van der Waals surface area contributed by atoms with Crippen molar-refractivity contribution in [1.29, 1.82) is 0 Å². The summed E-state index contributed by atoms with van der Waals surface area (Å²) in [6.45, 7) is 3.45. The molecule has 2 rings (SSSR count). The monoisotopic (exact) mass is 218 g/mol. The number of ketones is 1. The number of hydrogen-bond acceptors (Lipinski definition) is 4. The van der Waals surface area contributed by atoms with Gasteiger partial charge >= 0.3 is 0 Å². The Morgan fingerprint density at radius 1 is 1.50 bits per heavy atom. The molecule has 0 amide bonds. The molecule has 0 spiro atoms. The highest BCUT2D eigenvalue weighted by molar-refractivity contribution is 6.09. The van der Waals surface area contributed by atoms with Gasteiger partial charge in [0.1, 0.15) is 6.26 Å². The molecule has 2 aromatic heterocycles. The van der Waals surface area contributed by atoms with Crippen molar-refractivity contribution in [3.8, 4) is 0 Å². The number of hydrogen-bond donors (Lipinski definition) is 1. The predicted octanol–water partition coefficient (Wildman–Crippen LogP) is 1.66. The van der Waals surface area contributed by atoms with Crippen LogP contribution in [-0.4, -0.2) is 22.2 Å². The zero-order valence-electron chi connectivity index (χ0n) is 8.90. The Morgan fingerprint density at radius 2 is 2.25 bits per heavy atom. The van der Waals surface area contributed by atoms with Crippen LogP contribution in [0, 0.1) is 13.8 Å². The van der Waals surface area contributed by atoms with Gasteiger partial charge in [0.25, 0.3) is 0 Å². The number of aldehydes is 1. The van der Waals surface area contributed by atoms with E-state index in [9.17, 15) is 9.59 Å². The maximum atomic E-state index is 12.0. The van der Waals surface area contributed by atoms with Crippen molar-refractivity contribution in [3.05, 3.63) is 40.5 Å². The molecule has 0 aliphatic carbocycles. The summed E-state index contributed by atoms with van der Waals surface area (Å²) in [7, 11) is 0. The average molecular weight is 218 g/mol. The molecule has 0 aromatic carbocycles. The lowest BCUT2D eigenvalue weighted by Gasteiger charge is -1.96. The maximum absolute atomic E-state index is 12.0. The van der Waals surface area contributed by atoms with E-state index in [1.54, 1.807) is 13.8 Å². The Hall–Kier alpha value is -2.17. The highest BCUT2D eigenvalue weighted by Crippen LogP contribution is 2.16. The molecule has 0 aliphatic heterocycles. The summed E-state index contributed by atoms with van der Waals surface area (Å²) in [4.78, 5) is 25.4. The zero-order valence-corrected chi connectivity index (χ0v) is 8.90. The molecule has 0 fully saturated rings. The van der Waals surface area contributed by atoms with Crippen molar-refractivity contribution in [1.82, 2.24) is 10.1 Å². The Kier molecular flexibility index (Phi) is 2.44. The minimum absolute atomic E-state index is 0.266. The largest absolute Gasteiger partial charge is 0.364 e. The molecular weight excluding hydrogens is 208 g/mol. The van der Waals surface area contributed by atoms with Crippen LogP contribution in [-0.2, 0) is 0 Å². The third-order valence-corrected chi connectivity index (χ3v) is 2.50. The number of carbonyl (C=O) groups is 2. The van der Waals surface area contributed by atoms with Gasteiger partial charge in [-0.2, -0.15) is 0 Å². The second-order valence-electron chi connectivity index (χ2n) is 3.54. The van der Waals surface area contributed by atoms with Gasteiger partial charge in [-0.05, 0) is 19.4 Å². The third kappa shape index (κ3) is 1.46. The molecule has 82 valence electrons. The topological polar surface area (TPSA) is 76.0 Å². The van der Waals surface area contributed by atoms with Crippen molar-refractivity contribution in [2.45, 2.75) is 13.8 Å². The highest BCUT2D eigenvalue weighted by Gasteiger charge is 2.20. The van der Waals surface area contributed by atoms with Crippen LogP contribution in [0.15, 0.2) is 17.0 Å². The molecule has 5 nitrogen and oxygen atoms in total. The molecule has 2 heterocycles.